The van der Waals surface area contributed by atoms with E-state index in [-0.39, 0.29) is 41.0 Å². The maximum Gasteiger partial charge on any atom is 0.271 e. The third kappa shape index (κ3) is 6.29. The van der Waals surface area contributed by atoms with Gasteiger partial charge >= 0.3 is 0 Å². The largest absolute Gasteiger partial charge is 0.508 e. The Kier molecular flexibility index (Phi) is 8.25. The van der Waals surface area contributed by atoms with Crippen LogP contribution in [0.25, 0.3) is 10.8 Å². The van der Waals surface area contributed by atoms with Crippen molar-refractivity contribution in [2.24, 2.45) is 5.10 Å². The number of hydrogen-bond donors (Lipinski definition) is 4. The van der Waals surface area contributed by atoms with Crippen molar-refractivity contribution < 1.29 is 24.9 Å². The third-order valence-electron chi connectivity index (χ3n) is 6.10. The molecule has 0 fully saturated rings. The number of hydrogen-bond acceptors (Lipinski definition) is 6. The Labute approximate surface area is 224 Å². The average Bonchev–Trinajstić information content (AvgIpc) is 2.91. The zero-order valence-electron chi connectivity index (χ0n) is 20.5. The van der Waals surface area contributed by atoms with Crippen LogP contribution in [-0.2, 0) is 11.2 Å². The molecule has 0 aliphatic heterocycles. The van der Waals surface area contributed by atoms with E-state index < -0.39 is 12.0 Å². The van der Waals surface area contributed by atoms with Crippen molar-refractivity contribution in [2.45, 2.75) is 12.5 Å². The van der Waals surface area contributed by atoms with E-state index in [9.17, 15) is 24.9 Å². The van der Waals surface area contributed by atoms with Crippen molar-refractivity contribution in [1.29, 1.82) is 0 Å². The number of likely N-dealkylation sites (N-methyl/N-ethyl adjacent to an activating group) is 1. The summed E-state index contributed by atoms with van der Waals surface area (Å²) < 4.78 is 0. The maximum atomic E-state index is 13.0. The number of nitrogens with zero attached hydrogens (tertiary/aromatic N) is 2. The van der Waals surface area contributed by atoms with Crippen LogP contribution < -0.4 is 5.43 Å². The molecule has 2 amide bonds. The Morgan fingerprint density at radius 3 is 2.50 bits per heavy atom. The lowest BCUT2D eigenvalue weighted by atomic mass is 9.98. The molecule has 4 N–H and O–H groups in total. The fourth-order valence-electron chi connectivity index (χ4n) is 4.02. The van der Waals surface area contributed by atoms with Gasteiger partial charge in [-0.15, -0.1) is 0 Å². The quantitative estimate of drug-likeness (QED) is 0.198. The lowest BCUT2D eigenvalue weighted by Gasteiger charge is -2.22. The van der Waals surface area contributed by atoms with Gasteiger partial charge in [0.25, 0.3) is 5.91 Å². The second-order valence-electron chi connectivity index (χ2n) is 8.79. The highest BCUT2D eigenvalue weighted by atomic mass is 35.5. The molecule has 0 aromatic heterocycles. The molecule has 0 saturated carbocycles. The molecule has 194 valence electrons. The first kappa shape index (κ1) is 26.7. The number of aromatic hydroxyl groups is 2. The standard InChI is InChI=1S/C29H26ClN3O5/c1-33(17-27(36)19-5-4-6-22(34)13-19)28(37)15-18-9-10-21(24-8-3-2-7-23(18)24)16-31-32-29(38)20-11-12-26(35)25(30)14-20/h2-14,16,27,34-36H,15,17H2,1H3,(H,32,38)/t27-/m0/s1. The molecule has 0 aliphatic rings. The molecule has 0 spiro atoms. The van der Waals surface area contributed by atoms with Crippen molar-refractivity contribution in [3.63, 3.8) is 0 Å². The van der Waals surface area contributed by atoms with Crippen molar-refractivity contribution in [3.05, 3.63) is 106 Å². The van der Waals surface area contributed by atoms with Crippen LogP contribution in [0.3, 0.4) is 0 Å². The SMILES string of the molecule is CN(C[C@H](O)c1cccc(O)c1)C(=O)Cc1ccc(C=NNC(=O)c2ccc(O)c(Cl)c2)c2ccccc12. The predicted octanol–water partition coefficient (Wildman–Crippen LogP) is 4.40. The van der Waals surface area contributed by atoms with Gasteiger partial charge in [-0.3, -0.25) is 9.59 Å². The molecule has 8 nitrogen and oxygen atoms in total. The summed E-state index contributed by atoms with van der Waals surface area (Å²) in [5.41, 5.74) is 4.78. The Balaban J connectivity index is 1.46. The summed E-state index contributed by atoms with van der Waals surface area (Å²) in [5.74, 6) is -0.716. The number of phenolic OH excluding ortho intramolecular Hbond substituents is 2. The van der Waals surface area contributed by atoms with E-state index in [2.05, 4.69) is 10.5 Å². The van der Waals surface area contributed by atoms with E-state index in [1.807, 2.05) is 36.4 Å². The van der Waals surface area contributed by atoms with Crippen LogP contribution in [0, 0.1) is 0 Å². The number of carbonyl (C=O) groups is 2. The van der Waals surface area contributed by atoms with E-state index in [4.69, 9.17) is 11.6 Å². The maximum absolute atomic E-state index is 13.0. The van der Waals surface area contributed by atoms with Crippen LogP contribution in [-0.4, -0.2) is 51.8 Å². The van der Waals surface area contributed by atoms with Gasteiger partial charge in [0.1, 0.15) is 11.5 Å². The topological polar surface area (TPSA) is 122 Å². The summed E-state index contributed by atoms with van der Waals surface area (Å²) in [6.45, 7) is 0.0803. The third-order valence-corrected chi connectivity index (χ3v) is 6.40. The zero-order chi connectivity index (χ0) is 27.2. The first-order valence-corrected chi connectivity index (χ1v) is 12.1. The van der Waals surface area contributed by atoms with Gasteiger partial charge in [0.15, 0.2) is 0 Å². The molecule has 0 heterocycles. The van der Waals surface area contributed by atoms with E-state index in [0.717, 1.165) is 21.9 Å². The van der Waals surface area contributed by atoms with Gasteiger partial charge in [0, 0.05) is 18.2 Å². The summed E-state index contributed by atoms with van der Waals surface area (Å²) in [6.07, 6.45) is 0.713. The van der Waals surface area contributed by atoms with Crippen LogP contribution in [0.5, 0.6) is 11.5 Å². The number of aliphatic hydroxyl groups is 1. The average molecular weight is 532 g/mol. The Hall–Kier alpha value is -4.40. The van der Waals surface area contributed by atoms with Crippen LogP contribution in [0.15, 0.2) is 84.0 Å². The van der Waals surface area contributed by atoms with E-state index in [1.165, 1.54) is 41.4 Å². The molecule has 4 aromatic rings. The molecule has 4 aromatic carbocycles. The van der Waals surface area contributed by atoms with Gasteiger partial charge < -0.3 is 20.2 Å². The molecule has 0 bridgehead atoms. The molecular formula is C29H26ClN3O5. The molecule has 0 radical (unpaired) electrons. The van der Waals surface area contributed by atoms with Gasteiger partial charge in [-0.25, -0.2) is 5.43 Å². The first-order valence-electron chi connectivity index (χ1n) is 11.8. The molecule has 0 saturated heterocycles. The number of benzene rings is 4. The van der Waals surface area contributed by atoms with Crippen molar-refractivity contribution in [1.82, 2.24) is 10.3 Å². The first-order chi connectivity index (χ1) is 18.2. The predicted molar refractivity (Wildman–Crippen MR) is 147 cm³/mol. The van der Waals surface area contributed by atoms with Crippen LogP contribution in [0.2, 0.25) is 5.02 Å². The van der Waals surface area contributed by atoms with Crippen molar-refractivity contribution in [3.8, 4) is 11.5 Å². The zero-order valence-corrected chi connectivity index (χ0v) is 21.3. The van der Waals surface area contributed by atoms with Gasteiger partial charge in [-0.2, -0.15) is 5.10 Å². The monoisotopic (exact) mass is 531 g/mol. The van der Waals surface area contributed by atoms with Crippen molar-refractivity contribution >= 4 is 40.4 Å². The molecular weight excluding hydrogens is 506 g/mol. The van der Waals surface area contributed by atoms with E-state index >= 15 is 0 Å². The lowest BCUT2D eigenvalue weighted by molar-refractivity contribution is -0.130. The van der Waals surface area contributed by atoms with Crippen molar-refractivity contribution in [2.75, 3.05) is 13.6 Å². The smallest absolute Gasteiger partial charge is 0.271 e. The van der Waals surface area contributed by atoms with Gasteiger partial charge in [-0.1, -0.05) is 60.1 Å². The number of fused-ring (bicyclic) bond motifs is 1. The summed E-state index contributed by atoms with van der Waals surface area (Å²) in [4.78, 5) is 26.8. The Morgan fingerprint density at radius 2 is 1.76 bits per heavy atom. The molecule has 38 heavy (non-hydrogen) atoms. The molecule has 0 unspecified atom stereocenters. The van der Waals surface area contributed by atoms with Crippen LogP contribution in [0.1, 0.15) is 33.2 Å². The fraction of sp³-hybridized carbons (Fsp3) is 0.138. The highest BCUT2D eigenvalue weighted by Crippen LogP contribution is 2.25. The number of carbonyl (C=O) groups excluding carboxylic acids is 2. The van der Waals surface area contributed by atoms with Gasteiger partial charge in [0.05, 0.1) is 30.3 Å². The van der Waals surface area contributed by atoms with Crippen LogP contribution >= 0.6 is 11.6 Å². The highest BCUT2D eigenvalue weighted by molar-refractivity contribution is 6.32. The number of amides is 2. The molecule has 0 aliphatic carbocycles. The summed E-state index contributed by atoms with van der Waals surface area (Å²) in [6, 6.07) is 21.7. The number of rotatable bonds is 8. The minimum absolute atomic E-state index is 0.0509. The Bertz CT molecular complexity index is 1520. The molecule has 9 heteroatoms. The summed E-state index contributed by atoms with van der Waals surface area (Å²) in [5, 5.41) is 35.5. The molecule has 1 atom stereocenters. The van der Waals surface area contributed by atoms with E-state index in [1.54, 1.807) is 19.2 Å². The number of halogens is 1. The number of nitrogens with one attached hydrogen (secondary N) is 1. The summed E-state index contributed by atoms with van der Waals surface area (Å²) >= 11 is 5.86. The molecule has 4 rings (SSSR count). The van der Waals surface area contributed by atoms with Gasteiger partial charge in [0.2, 0.25) is 5.91 Å². The Morgan fingerprint density at radius 1 is 1.00 bits per heavy atom. The normalized spacial score (nSPS) is 12.0. The second-order valence-corrected chi connectivity index (χ2v) is 9.19. The minimum Gasteiger partial charge on any atom is -0.508 e. The fourth-order valence-corrected chi connectivity index (χ4v) is 4.20. The van der Waals surface area contributed by atoms with E-state index in [0.29, 0.717) is 5.56 Å². The number of aliphatic hydroxyl groups excluding tert-OH is 1. The number of phenols is 2. The second kappa shape index (κ2) is 11.8. The van der Waals surface area contributed by atoms with Crippen LogP contribution in [0.4, 0.5) is 0 Å². The number of hydrazone groups is 1. The van der Waals surface area contributed by atoms with Gasteiger partial charge in [-0.05, 0) is 52.2 Å². The highest BCUT2D eigenvalue weighted by Gasteiger charge is 2.17. The summed E-state index contributed by atoms with van der Waals surface area (Å²) in [7, 11) is 1.63. The minimum atomic E-state index is -0.931. The lowest BCUT2D eigenvalue weighted by Crippen LogP contribution is -2.32.